The molecule has 1 aromatic carbocycles. The molecule has 0 spiro atoms. The summed E-state index contributed by atoms with van der Waals surface area (Å²) in [6.45, 7) is 2.90. The lowest BCUT2D eigenvalue weighted by Crippen LogP contribution is -2.30. The van der Waals surface area contributed by atoms with E-state index in [2.05, 4.69) is 27.0 Å². The van der Waals surface area contributed by atoms with Gasteiger partial charge in [-0.1, -0.05) is 18.2 Å². The number of halogens is 1. The predicted molar refractivity (Wildman–Crippen MR) is 83.5 cm³/mol. The van der Waals surface area contributed by atoms with Crippen LogP contribution < -0.4 is 0 Å². The highest BCUT2D eigenvalue weighted by Crippen LogP contribution is 2.15. The minimum Gasteiger partial charge on any atom is -0.335 e. The summed E-state index contributed by atoms with van der Waals surface area (Å²) in [5.41, 5.74) is 2.02. The van der Waals surface area contributed by atoms with Crippen LogP contribution in [0.3, 0.4) is 0 Å². The van der Waals surface area contributed by atoms with Gasteiger partial charge in [-0.25, -0.2) is 4.98 Å². The van der Waals surface area contributed by atoms with E-state index in [1.807, 2.05) is 25.1 Å². The molecule has 2 aromatic rings. The van der Waals surface area contributed by atoms with Gasteiger partial charge in [0, 0.05) is 24.8 Å². The third-order valence-electron chi connectivity index (χ3n) is 3.14. The summed E-state index contributed by atoms with van der Waals surface area (Å²) in [6, 6.07) is 12.9. The van der Waals surface area contributed by atoms with Gasteiger partial charge >= 0.3 is 0 Å². The van der Waals surface area contributed by atoms with Crippen LogP contribution in [0.5, 0.6) is 0 Å². The number of hydrogen-bond donors (Lipinski definition) is 0. The van der Waals surface area contributed by atoms with Gasteiger partial charge in [0.15, 0.2) is 0 Å². The van der Waals surface area contributed by atoms with Gasteiger partial charge in [0.1, 0.15) is 4.60 Å². The molecule has 0 unspecified atom stereocenters. The maximum Gasteiger partial charge on any atom is 0.254 e. The van der Waals surface area contributed by atoms with Gasteiger partial charge in [0.2, 0.25) is 0 Å². The minimum absolute atomic E-state index is 0.0756. The van der Waals surface area contributed by atoms with E-state index >= 15 is 0 Å². The third kappa shape index (κ3) is 3.67. The molecule has 1 amide bonds. The Morgan fingerprint density at radius 2 is 2.14 bits per heavy atom. The standard InChI is InChI=1S/C16H14BrN3O/c1-2-20(11-14-6-4-3-5-13(14)10-18)16(21)12-7-8-19-15(17)9-12/h3-9H,2,11H2,1H3. The quantitative estimate of drug-likeness (QED) is 0.799. The second kappa shape index (κ2) is 7.00. The van der Waals surface area contributed by atoms with Crippen LogP contribution in [0.2, 0.25) is 0 Å². The summed E-state index contributed by atoms with van der Waals surface area (Å²) in [5, 5.41) is 9.13. The highest BCUT2D eigenvalue weighted by atomic mass is 79.9. The van der Waals surface area contributed by atoms with Gasteiger partial charge in [-0.2, -0.15) is 5.26 Å². The summed E-state index contributed by atoms with van der Waals surface area (Å²) in [6.07, 6.45) is 1.59. The number of amides is 1. The Labute approximate surface area is 132 Å². The molecule has 0 saturated carbocycles. The number of benzene rings is 1. The van der Waals surface area contributed by atoms with Crippen LogP contribution in [-0.4, -0.2) is 22.3 Å². The lowest BCUT2D eigenvalue weighted by molar-refractivity contribution is 0.0752. The highest BCUT2D eigenvalue weighted by molar-refractivity contribution is 9.10. The molecule has 0 N–H and O–H groups in total. The van der Waals surface area contributed by atoms with Crippen LogP contribution in [0.15, 0.2) is 47.2 Å². The SMILES string of the molecule is CCN(Cc1ccccc1C#N)C(=O)c1ccnc(Br)c1. The molecular weight excluding hydrogens is 330 g/mol. The van der Waals surface area contributed by atoms with Gasteiger partial charge in [-0.05, 0) is 46.6 Å². The lowest BCUT2D eigenvalue weighted by Gasteiger charge is -2.21. The van der Waals surface area contributed by atoms with Crippen molar-refractivity contribution in [2.45, 2.75) is 13.5 Å². The van der Waals surface area contributed by atoms with Crippen molar-refractivity contribution in [1.29, 1.82) is 5.26 Å². The van der Waals surface area contributed by atoms with Crippen molar-refractivity contribution in [2.75, 3.05) is 6.54 Å². The lowest BCUT2D eigenvalue weighted by atomic mass is 10.1. The van der Waals surface area contributed by atoms with E-state index in [-0.39, 0.29) is 5.91 Å². The fourth-order valence-corrected chi connectivity index (χ4v) is 2.38. The molecule has 4 nitrogen and oxygen atoms in total. The van der Waals surface area contributed by atoms with E-state index in [0.29, 0.717) is 28.8 Å². The Bertz CT molecular complexity index is 694. The zero-order chi connectivity index (χ0) is 15.2. The third-order valence-corrected chi connectivity index (χ3v) is 3.58. The van der Waals surface area contributed by atoms with Crippen molar-refractivity contribution >= 4 is 21.8 Å². The van der Waals surface area contributed by atoms with Crippen LogP contribution >= 0.6 is 15.9 Å². The average Bonchev–Trinajstić information content (AvgIpc) is 2.52. The number of nitriles is 1. The van der Waals surface area contributed by atoms with Gasteiger partial charge in [-0.3, -0.25) is 4.79 Å². The summed E-state index contributed by atoms with van der Waals surface area (Å²) in [7, 11) is 0. The summed E-state index contributed by atoms with van der Waals surface area (Å²) < 4.78 is 0.627. The molecule has 106 valence electrons. The maximum absolute atomic E-state index is 12.5. The summed E-state index contributed by atoms with van der Waals surface area (Å²) in [5.74, 6) is -0.0756. The van der Waals surface area contributed by atoms with E-state index in [0.717, 1.165) is 5.56 Å². The Kier molecular flexibility index (Phi) is 5.07. The number of rotatable bonds is 4. The van der Waals surface area contributed by atoms with E-state index < -0.39 is 0 Å². The molecule has 1 heterocycles. The molecule has 0 saturated heterocycles. The number of pyridine rings is 1. The van der Waals surface area contributed by atoms with Crippen molar-refractivity contribution in [3.05, 3.63) is 63.9 Å². The molecule has 0 aliphatic carbocycles. The fourth-order valence-electron chi connectivity index (χ4n) is 2.02. The molecule has 0 radical (unpaired) electrons. The van der Waals surface area contributed by atoms with Crippen LogP contribution in [0.1, 0.15) is 28.4 Å². The van der Waals surface area contributed by atoms with Crippen molar-refractivity contribution in [2.24, 2.45) is 0 Å². The van der Waals surface area contributed by atoms with E-state index in [1.165, 1.54) is 0 Å². The van der Waals surface area contributed by atoms with Crippen LogP contribution in [0, 0.1) is 11.3 Å². The number of hydrogen-bond acceptors (Lipinski definition) is 3. The van der Waals surface area contributed by atoms with Gasteiger partial charge in [0.25, 0.3) is 5.91 Å². The predicted octanol–water partition coefficient (Wildman–Crippen LogP) is 3.38. The van der Waals surface area contributed by atoms with Crippen molar-refractivity contribution in [3.8, 4) is 6.07 Å². The zero-order valence-corrected chi connectivity index (χ0v) is 13.2. The smallest absolute Gasteiger partial charge is 0.254 e. The van der Waals surface area contributed by atoms with Crippen molar-refractivity contribution in [3.63, 3.8) is 0 Å². The number of carbonyl (C=O) groups excluding carboxylic acids is 1. The first kappa shape index (κ1) is 15.2. The van der Waals surface area contributed by atoms with Crippen LogP contribution in [0.4, 0.5) is 0 Å². The molecule has 0 fully saturated rings. The molecule has 2 rings (SSSR count). The number of nitrogens with zero attached hydrogens (tertiary/aromatic N) is 3. The first-order chi connectivity index (χ1) is 10.2. The fraction of sp³-hybridized carbons (Fsp3) is 0.188. The first-order valence-corrected chi connectivity index (χ1v) is 7.33. The highest BCUT2D eigenvalue weighted by Gasteiger charge is 2.16. The molecule has 21 heavy (non-hydrogen) atoms. The molecule has 0 aliphatic heterocycles. The minimum atomic E-state index is -0.0756. The van der Waals surface area contributed by atoms with Gasteiger partial charge in [-0.15, -0.1) is 0 Å². The zero-order valence-electron chi connectivity index (χ0n) is 11.6. The van der Waals surface area contributed by atoms with E-state index in [9.17, 15) is 4.79 Å². The average molecular weight is 344 g/mol. The molecule has 0 aliphatic rings. The number of aromatic nitrogens is 1. The van der Waals surface area contributed by atoms with E-state index in [4.69, 9.17) is 5.26 Å². The molecule has 1 aromatic heterocycles. The van der Waals surface area contributed by atoms with Gasteiger partial charge in [0.05, 0.1) is 11.6 Å². The molecule has 0 atom stereocenters. The van der Waals surface area contributed by atoms with Crippen LogP contribution in [0.25, 0.3) is 0 Å². The summed E-state index contributed by atoms with van der Waals surface area (Å²) >= 11 is 3.27. The molecule has 0 bridgehead atoms. The Balaban J connectivity index is 2.24. The largest absolute Gasteiger partial charge is 0.335 e. The first-order valence-electron chi connectivity index (χ1n) is 6.54. The Morgan fingerprint density at radius 1 is 1.38 bits per heavy atom. The van der Waals surface area contributed by atoms with Crippen molar-refractivity contribution < 1.29 is 4.79 Å². The van der Waals surface area contributed by atoms with Crippen LogP contribution in [-0.2, 0) is 6.54 Å². The second-order valence-electron chi connectivity index (χ2n) is 4.46. The number of carbonyl (C=O) groups is 1. The van der Waals surface area contributed by atoms with Gasteiger partial charge < -0.3 is 4.90 Å². The van der Waals surface area contributed by atoms with Crippen molar-refractivity contribution in [1.82, 2.24) is 9.88 Å². The summed E-state index contributed by atoms with van der Waals surface area (Å²) in [4.78, 5) is 18.3. The maximum atomic E-state index is 12.5. The molecule has 5 heteroatoms. The molecular formula is C16H14BrN3O. The normalized spacial score (nSPS) is 9.95. The Morgan fingerprint density at radius 3 is 2.81 bits per heavy atom. The monoisotopic (exact) mass is 343 g/mol. The second-order valence-corrected chi connectivity index (χ2v) is 5.27. The Hall–Kier alpha value is -2.19. The topological polar surface area (TPSA) is 57.0 Å². The van der Waals surface area contributed by atoms with E-state index in [1.54, 1.807) is 29.3 Å².